The van der Waals surface area contributed by atoms with Crippen LogP contribution in [0.1, 0.15) is 37.3 Å². The second-order valence-electron chi connectivity index (χ2n) is 5.30. The summed E-state index contributed by atoms with van der Waals surface area (Å²) in [6.45, 7) is 2.27. The largest absolute Gasteiger partial charge is 0.416 e. The summed E-state index contributed by atoms with van der Waals surface area (Å²) in [6, 6.07) is 3.11. The highest BCUT2D eigenvalue weighted by molar-refractivity contribution is 5.30. The van der Waals surface area contributed by atoms with Gasteiger partial charge in [-0.05, 0) is 42.9 Å². The molecule has 1 saturated carbocycles. The van der Waals surface area contributed by atoms with Crippen molar-refractivity contribution in [1.29, 1.82) is 0 Å². The van der Waals surface area contributed by atoms with Crippen molar-refractivity contribution < 1.29 is 17.6 Å². The zero-order valence-corrected chi connectivity index (χ0v) is 10.7. The molecule has 0 saturated heterocycles. The molecule has 0 heterocycles. The predicted octanol–water partition coefficient (Wildman–Crippen LogP) is 4.12. The van der Waals surface area contributed by atoms with E-state index in [1.165, 1.54) is 6.07 Å². The van der Waals surface area contributed by atoms with Crippen LogP contribution in [0, 0.1) is 11.7 Å². The maximum Gasteiger partial charge on any atom is 0.416 e. The molecule has 1 aromatic carbocycles. The first-order valence-electron chi connectivity index (χ1n) is 6.45. The molecule has 1 aliphatic carbocycles. The van der Waals surface area contributed by atoms with Crippen LogP contribution >= 0.6 is 0 Å². The second-order valence-corrected chi connectivity index (χ2v) is 5.30. The maximum absolute atomic E-state index is 12.9. The number of hydrogen-bond donors (Lipinski definition) is 1. The lowest BCUT2D eigenvalue weighted by atomic mass is 10.1. The topological polar surface area (TPSA) is 12.0 Å². The maximum atomic E-state index is 12.9. The average molecular weight is 275 g/mol. The van der Waals surface area contributed by atoms with Crippen molar-refractivity contribution >= 4 is 0 Å². The van der Waals surface area contributed by atoms with Gasteiger partial charge < -0.3 is 5.32 Å². The molecule has 0 aromatic heterocycles. The molecular formula is C14H17F4N. The summed E-state index contributed by atoms with van der Waals surface area (Å²) in [5.41, 5.74) is -0.778. The Morgan fingerprint density at radius 1 is 1.26 bits per heavy atom. The molecule has 19 heavy (non-hydrogen) atoms. The zero-order valence-electron chi connectivity index (χ0n) is 10.7. The molecule has 2 unspecified atom stereocenters. The fourth-order valence-corrected chi connectivity index (χ4v) is 2.61. The van der Waals surface area contributed by atoms with Crippen LogP contribution in [0.15, 0.2) is 18.2 Å². The molecule has 1 aromatic rings. The van der Waals surface area contributed by atoms with E-state index < -0.39 is 17.6 Å². The Balaban J connectivity index is 2.07. The van der Waals surface area contributed by atoms with Gasteiger partial charge in [0.2, 0.25) is 0 Å². The minimum atomic E-state index is -4.51. The normalized spacial score (nSPS) is 23.8. The van der Waals surface area contributed by atoms with E-state index >= 15 is 0 Å². The van der Waals surface area contributed by atoms with Crippen LogP contribution in [0.3, 0.4) is 0 Å². The van der Waals surface area contributed by atoms with E-state index in [9.17, 15) is 17.6 Å². The minimum absolute atomic E-state index is 0.105. The van der Waals surface area contributed by atoms with Gasteiger partial charge in [-0.25, -0.2) is 4.39 Å². The highest BCUT2D eigenvalue weighted by atomic mass is 19.4. The Kier molecular flexibility index (Phi) is 4.13. The van der Waals surface area contributed by atoms with Crippen LogP contribution in [-0.4, -0.2) is 6.04 Å². The number of benzene rings is 1. The fourth-order valence-electron chi connectivity index (χ4n) is 2.61. The van der Waals surface area contributed by atoms with Gasteiger partial charge in [-0.2, -0.15) is 13.2 Å². The van der Waals surface area contributed by atoms with Crippen LogP contribution in [0.5, 0.6) is 0 Å². The number of alkyl halides is 3. The van der Waals surface area contributed by atoms with Crippen molar-refractivity contribution in [2.45, 2.75) is 44.9 Å². The first kappa shape index (κ1) is 14.3. The summed E-state index contributed by atoms with van der Waals surface area (Å²) in [4.78, 5) is 0. The van der Waals surface area contributed by atoms with Gasteiger partial charge in [-0.1, -0.05) is 13.0 Å². The standard InChI is InChI=1S/C14H17F4N/c1-9-2-5-12(6-9)19-8-10-3-4-11(15)7-13(10)14(16,17)18/h3-4,7,9,12,19H,2,5-6,8H2,1H3. The molecule has 106 valence electrons. The predicted molar refractivity (Wildman–Crippen MR) is 65.0 cm³/mol. The third kappa shape index (κ3) is 3.69. The summed E-state index contributed by atoms with van der Waals surface area (Å²) in [6.07, 6.45) is -1.43. The van der Waals surface area contributed by atoms with Crippen LogP contribution in [0.4, 0.5) is 17.6 Å². The number of halogens is 4. The first-order chi connectivity index (χ1) is 8.86. The Labute approximate surface area is 110 Å². The minimum Gasteiger partial charge on any atom is -0.310 e. The fraction of sp³-hybridized carbons (Fsp3) is 0.571. The van der Waals surface area contributed by atoms with E-state index in [0.717, 1.165) is 25.3 Å². The molecule has 5 heteroatoms. The quantitative estimate of drug-likeness (QED) is 0.818. The van der Waals surface area contributed by atoms with Gasteiger partial charge in [0.05, 0.1) is 5.56 Å². The summed E-state index contributed by atoms with van der Waals surface area (Å²) < 4.78 is 51.3. The molecule has 0 radical (unpaired) electrons. The van der Waals surface area contributed by atoms with Gasteiger partial charge in [0, 0.05) is 12.6 Å². The van der Waals surface area contributed by atoms with Gasteiger partial charge in [0.1, 0.15) is 5.82 Å². The Bertz CT molecular complexity index is 442. The summed E-state index contributed by atoms with van der Waals surface area (Å²) in [5.74, 6) is -0.238. The molecule has 2 rings (SSSR count). The molecule has 2 atom stereocenters. The molecule has 1 nitrogen and oxygen atoms in total. The lowest BCUT2D eigenvalue weighted by molar-refractivity contribution is -0.138. The Morgan fingerprint density at radius 3 is 2.58 bits per heavy atom. The summed E-state index contributed by atoms with van der Waals surface area (Å²) >= 11 is 0. The van der Waals surface area contributed by atoms with Crippen LogP contribution < -0.4 is 5.32 Å². The Hall–Kier alpha value is -1.10. The molecule has 0 bridgehead atoms. The lowest BCUT2D eigenvalue weighted by Gasteiger charge is -2.16. The Morgan fingerprint density at radius 2 is 2.00 bits per heavy atom. The summed E-state index contributed by atoms with van der Waals surface area (Å²) in [7, 11) is 0. The van der Waals surface area contributed by atoms with Crippen molar-refractivity contribution in [2.24, 2.45) is 5.92 Å². The van der Waals surface area contributed by atoms with Crippen molar-refractivity contribution in [3.05, 3.63) is 35.1 Å². The van der Waals surface area contributed by atoms with E-state index in [-0.39, 0.29) is 18.2 Å². The number of rotatable bonds is 3. The molecular weight excluding hydrogens is 258 g/mol. The van der Waals surface area contributed by atoms with Gasteiger partial charge in [-0.15, -0.1) is 0 Å². The smallest absolute Gasteiger partial charge is 0.310 e. The zero-order chi connectivity index (χ0) is 14.0. The van der Waals surface area contributed by atoms with E-state index in [1.54, 1.807) is 0 Å². The third-order valence-electron chi connectivity index (χ3n) is 3.65. The van der Waals surface area contributed by atoms with Crippen LogP contribution in [0.25, 0.3) is 0 Å². The highest BCUT2D eigenvalue weighted by Crippen LogP contribution is 2.33. The third-order valence-corrected chi connectivity index (χ3v) is 3.65. The second kappa shape index (κ2) is 5.49. The average Bonchev–Trinajstić information content (AvgIpc) is 2.72. The molecule has 0 amide bonds. The van der Waals surface area contributed by atoms with Gasteiger partial charge in [0.25, 0.3) is 0 Å². The van der Waals surface area contributed by atoms with E-state index in [2.05, 4.69) is 12.2 Å². The number of hydrogen-bond acceptors (Lipinski definition) is 1. The van der Waals surface area contributed by atoms with Crippen molar-refractivity contribution in [1.82, 2.24) is 5.32 Å². The number of nitrogens with one attached hydrogen (secondary N) is 1. The van der Waals surface area contributed by atoms with Crippen LogP contribution in [0.2, 0.25) is 0 Å². The van der Waals surface area contributed by atoms with E-state index in [4.69, 9.17) is 0 Å². The van der Waals surface area contributed by atoms with Gasteiger partial charge >= 0.3 is 6.18 Å². The van der Waals surface area contributed by atoms with Crippen LogP contribution in [-0.2, 0) is 12.7 Å². The van der Waals surface area contributed by atoms with Crippen molar-refractivity contribution in [3.63, 3.8) is 0 Å². The molecule has 1 fully saturated rings. The van der Waals surface area contributed by atoms with Crippen molar-refractivity contribution in [2.75, 3.05) is 0 Å². The molecule has 0 spiro atoms. The first-order valence-corrected chi connectivity index (χ1v) is 6.45. The lowest BCUT2D eigenvalue weighted by Crippen LogP contribution is -2.27. The van der Waals surface area contributed by atoms with E-state index in [1.807, 2.05) is 0 Å². The molecule has 0 aliphatic heterocycles. The monoisotopic (exact) mass is 275 g/mol. The summed E-state index contributed by atoms with van der Waals surface area (Å²) in [5, 5.41) is 3.14. The molecule has 1 N–H and O–H groups in total. The SMILES string of the molecule is CC1CCC(NCc2ccc(F)cc2C(F)(F)F)C1. The molecule has 1 aliphatic rings. The highest BCUT2D eigenvalue weighted by Gasteiger charge is 2.33. The van der Waals surface area contributed by atoms with Gasteiger partial charge in [-0.3, -0.25) is 0 Å². The van der Waals surface area contributed by atoms with Gasteiger partial charge in [0.15, 0.2) is 0 Å². The van der Waals surface area contributed by atoms with E-state index in [0.29, 0.717) is 12.0 Å². The van der Waals surface area contributed by atoms with Crippen molar-refractivity contribution in [3.8, 4) is 0 Å².